The number of aryl methyl sites for hydroxylation is 1. The van der Waals surface area contributed by atoms with Gasteiger partial charge in [0.2, 0.25) is 0 Å². The van der Waals surface area contributed by atoms with Gasteiger partial charge < -0.3 is 9.88 Å². The standard InChI is InChI=1S/C16H12F3N3O2S2/c1-8-20-11(7-25-8)12-2-3-13(26-12)15(23)21-9-4-10(17)16(24)22(5-9)6-14(18)19/h2-5,7,14H,6H2,1H3,(H,21,23). The Bertz CT molecular complexity index is 1010. The van der Waals surface area contributed by atoms with Gasteiger partial charge in [-0.1, -0.05) is 0 Å². The number of nitrogens with one attached hydrogen (secondary N) is 1. The molecular formula is C16H12F3N3O2S2. The molecule has 0 atom stereocenters. The van der Waals surface area contributed by atoms with Gasteiger partial charge >= 0.3 is 0 Å². The van der Waals surface area contributed by atoms with Gasteiger partial charge in [0.1, 0.15) is 0 Å². The summed E-state index contributed by atoms with van der Waals surface area (Å²) in [5.74, 6) is -1.75. The second-order valence-electron chi connectivity index (χ2n) is 5.30. The van der Waals surface area contributed by atoms with Gasteiger partial charge in [-0.2, -0.15) is 0 Å². The molecule has 0 aromatic carbocycles. The molecule has 136 valence electrons. The Labute approximate surface area is 153 Å². The number of nitrogens with zero attached hydrogens (tertiary/aromatic N) is 2. The summed E-state index contributed by atoms with van der Waals surface area (Å²) >= 11 is 2.69. The van der Waals surface area contributed by atoms with Gasteiger partial charge in [0, 0.05) is 17.6 Å². The molecule has 1 N–H and O–H groups in total. The number of hydrogen-bond donors (Lipinski definition) is 1. The molecule has 0 fully saturated rings. The van der Waals surface area contributed by atoms with Gasteiger partial charge in [0.15, 0.2) is 5.82 Å². The van der Waals surface area contributed by atoms with Crippen LogP contribution in [-0.4, -0.2) is 21.9 Å². The largest absolute Gasteiger partial charge is 0.320 e. The summed E-state index contributed by atoms with van der Waals surface area (Å²) in [6.45, 7) is 0.921. The third-order valence-electron chi connectivity index (χ3n) is 3.34. The monoisotopic (exact) mass is 399 g/mol. The molecule has 1 amide bonds. The molecule has 0 saturated heterocycles. The van der Waals surface area contributed by atoms with Gasteiger partial charge in [-0.15, -0.1) is 22.7 Å². The van der Waals surface area contributed by atoms with E-state index >= 15 is 0 Å². The van der Waals surface area contributed by atoms with Gasteiger partial charge in [-0.05, 0) is 19.1 Å². The molecule has 0 radical (unpaired) electrons. The van der Waals surface area contributed by atoms with Crippen molar-refractivity contribution in [1.82, 2.24) is 9.55 Å². The lowest BCUT2D eigenvalue weighted by molar-refractivity contribution is 0.103. The quantitative estimate of drug-likeness (QED) is 0.705. The molecule has 0 spiro atoms. The summed E-state index contributed by atoms with van der Waals surface area (Å²) in [6, 6.07) is 4.14. The maximum Gasteiger partial charge on any atom is 0.286 e. The van der Waals surface area contributed by atoms with Crippen LogP contribution >= 0.6 is 22.7 Å². The molecule has 10 heteroatoms. The van der Waals surface area contributed by atoms with E-state index in [1.54, 1.807) is 12.1 Å². The average Bonchev–Trinajstić information content (AvgIpc) is 3.20. The minimum absolute atomic E-state index is 0.0767. The van der Waals surface area contributed by atoms with Crippen molar-refractivity contribution >= 4 is 34.3 Å². The second kappa shape index (κ2) is 7.42. The van der Waals surface area contributed by atoms with Crippen LogP contribution in [0.3, 0.4) is 0 Å². The van der Waals surface area contributed by atoms with Crippen molar-refractivity contribution in [3.05, 3.63) is 55.8 Å². The summed E-state index contributed by atoms with van der Waals surface area (Å²) in [5, 5.41) is 5.19. The Hall–Kier alpha value is -2.46. The molecule has 3 rings (SSSR count). The molecule has 3 heterocycles. The molecule has 0 aliphatic heterocycles. The fraction of sp³-hybridized carbons (Fsp3) is 0.188. The topological polar surface area (TPSA) is 64.0 Å². The van der Waals surface area contributed by atoms with E-state index in [0.717, 1.165) is 27.8 Å². The van der Waals surface area contributed by atoms with E-state index in [2.05, 4.69) is 10.3 Å². The first-order valence-corrected chi connectivity index (χ1v) is 9.05. The molecule has 0 unspecified atom stereocenters. The molecule has 0 saturated carbocycles. The van der Waals surface area contributed by atoms with E-state index in [4.69, 9.17) is 0 Å². The first kappa shape index (κ1) is 18.3. The number of rotatable bonds is 5. The van der Waals surface area contributed by atoms with Crippen LogP contribution in [0.15, 0.2) is 34.6 Å². The predicted molar refractivity (Wildman–Crippen MR) is 94.8 cm³/mol. The van der Waals surface area contributed by atoms with E-state index in [9.17, 15) is 22.8 Å². The Balaban J connectivity index is 1.81. The molecule has 26 heavy (non-hydrogen) atoms. The summed E-state index contributed by atoms with van der Waals surface area (Å²) in [7, 11) is 0. The van der Waals surface area contributed by atoms with Gasteiger partial charge in [0.25, 0.3) is 17.9 Å². The zero-order valence-electron chi connectivity index (χ0n) is 13.3. The van der Waals surface area contributed by atoms with Crippen molar-refractivity contribution in [2.45, 2.75) is 19.9 Å². The van der Waals surface area contributed by atoms with Crippen LogP contribution in [0.5, 0.6) is 0 Å². The SMILES string of the molecule is Cc1nc(-c2ccc(C(=O)Nc3cc(F)c(=O)n(CC(F)F)c3)s2)cs1. The first-order chi connectivity index (χ1) is 12.3. The highest BCUT2D eigenvalue weighted by Crippen LogP contribution is 2.29. The number of amides is 1. The van der Waals surface area contributed by atoms with Crippen molar-refractivity contribution in [2.24, 2.45) is 0 Å². The van der Waals surface area contributed by atoms with Gasteiger partial charge in [-0.3, -0.25) is 9.59 Å². The lowest BCUT2D eigenvalue weighted by Crippen LogP contribution is -2.26. The smallest absolute Gasteiger partial charge is 0.286 e. The highest BCUT2D eigenvalue weighted by Gasteiger charge is 2.15. The number of hydrogen-bond acceptors (Lipinski definition) is 5. The molecule has 0 bridgehead atoms. The van der Waals surface area contributed by atoms with Crippen molar-refractivity contribution in [3.8, 4) is 10.6 Å². The molecule has 3 aromatic rings. The number of carbonyl (C=O) groups excluding carboxylic acids is 1. The molecular weight excluding hydrogens is 387 g/mol. The number of halogens is 3. The number of pyridine rings is 1. The highest BCUT2D eigenvalue weighted by atomic mass is 32.1. The number of thiazole rings is 1. The fourth-order valence-electron chi connectivity index (χ4n) is 2.22. The van der Waals surface area contributed by atoms with E-state index in [0.29, 0.717) is 9.44 Å². The summed E-state index contributed by atoms with van der Waals surface area (Å²) in [5.41, 5.74) is -0.485. The molecule has 0 aliphatic carbocycles. The maximum atomic E-state index is 13.6. The lowest BCUT2D eigenvalue weighted by Gasteiger charge is -2.09. The average molecular weight is 399 g/mol. The Kier molecular flexibility index (Phi) is 5.23. The van der Waals surface area contributed by atoms with Crippen LogP contribution in [0.1, 0.15) is 14.7 Å². The highest BCUT2D eigenvalue weighted by molar-refractivity contribution is 7.18. The molecule has 3 aromatic heterocycles. The third kappa shape index (κ3) is 4.02. The number of thiophene rings is 1. The van der Waals surface area contributed by atoms with Crippen LogP contribution in [0, 0.1) is 12.7 Å². The zero-order valence-corrected chi connectivity index (χ0v) is 15.0. The van der Waals surface area contributed by atoms with E-state index < -0.39 is 30.3 Å². The Morgan fingerprint density at radius 2 is 2.15 bits per heavy atom. The van der Waals surface area contributed by atoms with Crippen molar-refractivity contribution in [3.63, 3.8) is 0 Å². The van der Waals surface area contributed by atoms with E-state index in [1.807, 2.05) is 12.3 Å². The number of carbonyl (C=O) groups is 1. The normalized spacial score (nSPS) is 11.1. The Morgan fingerprint density at radius 3 is 2.81 bits per heavy atom. The maximum absolute atomic E-state index is 13.6. The van der Waals surface area contributed by atoms with Crippen LogP contribution in [0.4, 0.5) is 18.9 Å². The van der Waals surface area contributed by atoms with Gasteiger partial charge in [0.05, 0.1) is 32.7 Å². The fourth-order valence-corrected chi connectivity index (χ4v) is 3.77. The predicted octanol–water partition coefficient (Wildman–Crippen LogP) is 4.00. The Morgan fingerprint density at radius 1 is 1.38 bits per heavy atom. The summed E-state index contributed by atoms with van der Waals surface area (Å²) in [6.07, 6.45) is -1.83. The van der Waals surface area contributed by atoms with E-state index in [1.165, 1.54) is 22.7 Å². The number of anilines is 1. The molecule has 5 nitrogen and oxygen atoms in total. The zero-order chi connectivity index (χ0) is 18.8. The van der Waals surface area contributed by atoms with Crippen molar-refractivity contribution in [1.29, 1.82) is 0 Å². The number of aromatic nitrogens is 2. The number of alkyl halides is 2. The molecule has 0 aliphatic rings. The van der Waals surface area contributed by atoms with Gasteiger partial charge in [-0.25, -0.2) is 18.2 Å². The lowest BCUT2D eigenvalue weighted by atomic mass is 10.3. The van der Waals surface area contributed by atoms with Crippen LogP contribution in [0.25, 0.3) is 10.6 Å². The van der Waals surface area contributed by atoms with Crippen molar-refractivity contribution in [2.75, 3.05) is 5.32 Å². The minimum atomic E-state index is -2.82. The summed E-state index contributed by atoms with van der Waals surface area (Å²) in [4.78, 5) is 29.3. The van der Waals surface area contributed by atoms with E-state index in [-0.39, 0.29) is 5.69 Å². The van der Waals surface area contributed by atoms with Crippen LogP contribution < -0.4 is 10.9 Å². The third-order valence-corrected chi connectivity index (χ3v) is 5.22. The first-order valence-electron chi connectivity index (χ1n) is 7.35. The van der Waals surface area contributed by atoms with Crippen LogP contribution in [-0.2, 0) is 6.54 Å². The summed E-state index contributed by atoms with van der Waals surface area (Å²) < 4.78 is 39.1. The van der Waals surface area contributed by atoms with Crippen LogP contribution in [0.2, 0.25) is 0 Å². The minimum Gasteiger partial charge on any atom is -0.320 e. The van der Waals surface area contributed by atoms with Crippen molar-refractivity contribution < 1.29 is 18.0 Å². The second-order valence-corrected chi connectivity index (χ2v) is 7.44.